The lowest BCUT2D eigenvalue weighted by Crippen LogP contribution is -2.22. The van der Waals surface area contributed by atoms with Crippen LogP contribution >= 0.6 is 34.2 Å². The van der Waals surface area contributed by atoms with Crippen molar-refractivity contribution in [2.24, 2.45) is 0 Å². The zero-order valence-electron chi connectivity index (χ0n) is 6.13. The first kappa shape index (κ1) is 9.73. The average Bonchev–Trinajstić information content (AvgIpc) is 2.07. The van der Waals surface area contributed by atoms with Crippen molar-refractivity contribution < 1.29 is 0 Å². The molecule has 5 heteroatoms. The smallest absolute Gasteiger partial charge is 0.268 e. The second-order valence-electron chi connectivity index (χ2n) is 2.10. The van der Waals surface area contributed by atoms with Crippen molar-refractivity contribution in [1.82, 2.24) is 9.55 Å². The monoisotopic (exact) mass is 296 g/mol. The molecular formula is C7H6ClIN2O. The minimum Gasteiger partial charge on any atom is -0.294 e. The number of halogens is 2. The first-order chi connectivity index (χ1) is 5.66. The van der Waals surface area contributed by atoms with Crippen LogP contribution in [0.25, 0.3) is 0 Å². The van der Waals surface area contributed by atoms with Crippen LogP contribution in [0.15, 0.2) is 23.8 Å². The van der Waals surface area contributed by atoms with Gasteiger partial charge in [0.15, 0.2) is 0 Å². The summed E-state index contributed by atoms with van der Waals surface area (Å²) in [6, 6.07) is 0. The Morgan fingerprint density at radius 3 is 3.08 bits per heavy atom. The fraction of sp³-hybridized carbons (Fsp3) is 0.143. The van der Waals surface area contributed by atoms with Gasteiger partial charge in [-0.1, -0.05) is 17.7 Å². The number of allylic oxidation sites excluding steroid dienone is 1. The molecule has 0 aromatic carbocycles. The first-order valence-corrected chi connectivity index (χ1v) is 4.64. The molecule has 1 aromatic rings. The van der Waals surface area contributed by atoms with Crippen molar-refractivity contribution in [3.63, 3.8) is 0 Å². The highest BCUT2D eigenvalue weighted by atomic mass is 127. The van der Waals surface area contributed by atoms with Gasteiger partial charge < -0.3 is 0 Å². The maximum atomic E-state index is 11.4. The largest absolute Gasteiger partial charge is 0.294 e. The topological polar surface area (TPSA) is 34.9 Å². The third-order valence-corrected chi connectivity index (χ3v) is 2.84. The number of aromatic nitrogens is 2. The van der Waals surface area contributed by atoms with Gasteiger partial charge >= 0.3 is 0 Å². The summed E-state index contributed by atoms with van der Waals surface area (Å²) in [5, 5.41) is 0.251. The van der Waals surface area contributed by atoms with E-state index in [9.17, 15) is 4.79 Å². The van der Waals surface area contributed by atoms with Crippen LogP contribution in [0.4, 0.5) is 0 Å². The van der Waals surface area contributed by atoms with Crippen molar-refractivity contribution >= 4 is 34.2 Å². The molecule has 0 saturated heterocycles. The van der Waals surface area contributed by atoms with Crippen LogP contribution in [0.1, 0.15) is 0 Å². The van der Waals surface area contributed by atoms with Gasteiger partial charge in [-0.15, -0.1) is 6.58 Å². The van der Waals surface area contributed by atoms with E-state index >= 15 is 0 Å². The van der Waals surface area contributed by atoms with Crippen molar-refractivity contribution in [1.29, 1.82) is 0 Å². The highest BCUT2D eigenvalue weighted by molar-refractivity contribution is 14.1. The summed E-state index contributed by atoms with van der Waals surface area (Å²) in [5.41, 5.74) is -0.129. The van der Waals surface area contributed by atoms with Gasteiger partial charge in [0.2, 0.25) is 0 Å². The van der Waals surface area contributed by atoms with Crippen molar-refractivity contribution in [2.45, 2.75) is 6.54 Å². The molecular weight excluding hydrogens is 290 g/mol. The van der Waals surface area contributed by atoms with Crippen LogP contribution in [-0.2, 0) is 6.54 Å². The van der Waals surface area contributed by atoms with Gasteiger partial charge in [0, 0.05) is 6.54 Å². The Kier molecular flexibility index (Phi) is 3.28. The number of hydrogen-bond donors (Lipinski definition) is 0. The molecule has 0 amide bonds. The maximum Gasteiger partial charge on any atom is 0.268 e. The maximum absolute atomic E-state index is 11.4. The molecule has 0 bridgehead atoms. The normalized spacial score (nSPS) is 9.83. The van der Waals surface area contributed by atoms with Crippen LogP contribution in [0.3, 0.4) is 0 Å². The summed E-state index contributed by atoms with van der Waals surface area (Å²) in [4.78, 5) is 15.2. The fourth-order valence-electron chi connectivity index (χ4n) is 0.713. The third kappa shape index (κ3) is 1.87. The van der Waals surface area contributed by atoms with Crippen LogP contribution in [0.5, 0.6) is 0 Å². The van der Waals surface area contributed by atoms with E-state index in [-0.39, 0.29) is 10.7 Å². The molecule has 0 aliphatic carbocycles. The first-order valence-electron chi connectivity index (χ1n) is 3.18. The van der Waals surface area contributed by atoms with Gasteiger partial charge in [-0.2, -0.15) is 0 Å². The summed E-state index contributed by atoms with van der Waals surface area (Å²) >= 11 is 7.50. The zero-order chi connectivity index (χ0) is 9.14. The molecule has 3 nitrogen and oxygen atoms in total. The lowest BCUT2D eigenvalue weighted by molar-refractivity contribution is 0.748. The highest BCUT2D eigenvalue weighted by Crippen LogP contribution is 2.08. The molecule has 0 atom stereocenters. The molecule has 0 spiro atoms. The highest BCUT2D eigenvalue weighted by Gasteiger charge is 2.04. The summed E-state index contributed by atoms with van der Waals surface area (Å²) in [6.07, 6.45) is 3.04. The Morgan fingerprint density at radius 1 is 1.83 bits per heavy atom. The van der Waals surface area contributed by atoms with E-state index in [0.29, 0.717) is 10.1 Å². The van der Waals surface area contributed by atoms with Gasteiger partial charge in [0.1, 0.15) is 8.72 Å². The number of rotatable bonds is 2. The van der Waals surface area contributed by atoms with E-state index in [1.807, 2.05) is 22.6 Å². The Bertz CT molecular complexity index is 361. The summed E-state index contributed by atoms with van der Waals surface area (Å²) < 4.78 is 1.89. The summed E-state index contributed by atoms with van der Waals surface area (Å²) in [5.74, 6) is 0. The standard InChI is InChI=1S/C7H6ClIN2O/c1-2-3-11-4-10-6(8)5(9)7(11)12/h2,4H,1,3H2. The minimum absolute atomic E-state index is 0.129. The second kappa shape index (κ2) is 4.04. The molecule has 0 radical (unpaired) electrons. The van der Waals surface area contributed by atoms with Crippen LogP contribution in [-0.4, -0.2) is 9.55 Å². The Balaban J connectivity index is 3.26. The van der Waals surface area contributed by atoms with E-state index < -0.39 is 0 Å². The Hall–Kier alpha value is -0.360. The Labute approximate surface area is 88.2 Å². The van der Waals surface area contributed by atoms with Gasteiger partial charge in [-0.25, -0.2) is 4.98 Å². The second-order valence-corrected chi connectivity index (χ2v) is 3.53. The molecule has 0 fully saturated rings. The minimum atomic E-state index is -0.129. The van der Waals surface area contributed by atoms with Crippen LogP contribution in [0, 0.1) is 3.57 Å². The Morgan fingerprint density at radius 2 is 2.50 bits per heavy atom. The van der Waals surface area contributed by atoms with Crippen molar-refractivity contribution in [3.05, 3.63) is 38.1 Å². The molecule has 1 rings (SSSR count). The average molecular weight is 296 g/mol. The molecule has 0 aliphatic heterocycles. The molecule has 64 valence electrons. The molecule has 0 N–H and O–H groups in total. The SMILES string of the molecule is C=CCn1cnc(Cl)c(I)c1=O. The van der Waals surface area contributed by atoms with Gasteiger partial charge in [-0.3, -0.25) is 9.36 Å². The quantitative estimate of drug-likeness (QED) is 0.473. The molecule has 1 heterocycles. The third-order valence-electron chi connectivity index (χ3n) is 1.27. The molecule has 0 aliphatic rings. The lowest BCUT2D eigenvalue weighted by Gasteiger charge is -2.01. The van der Waals surface area contributed by atoms with E-state index in [1.54, 1.807) is 6.08 Å². The summed E-state index contributed by atoms with van der Waals surface area (Å²) in [7, 11) is 0. The van der Waals surface area contributed by atoms with E-state index in [1.165, 1.54) is 10.9 Å². The van der Waals surface area contributed by atoms with Crippen molar-refractivity contribution in [3.8, 4) is 0 Å². The molecule has 1 aromatic heterocycles. The predicted octanol–water partition coefficient (Wildman–Crippen LogP) is 1.69. The zero-order valence-corrected chi connectivity index (χ0v) is 9.04. The molecule has 0 unspecified atom stereocenters. The van der Waals surface area contributed by atoms with Gasteiger partial charge in [0.25, 0.3) is 5.56 Å². The van der Waals surface area contributed by atoms with Crippen LogP contribution in [0.2, 0.25) is 5.15 Å². The molecule has 12 heavy (non-hydrogen) atoms. The molecule has 0 saturated carbocycles. The van der Waals surface area contributed by atoms with E-state index in [4.69, 9.17) is 11.6 Å². The summed E-state index contributed by atoms with van der Waals surface area (Å²) in [6.45, 7) is 3.98. The van der Waals surface area contributed by atoms with Gasteiger partial charge in [-0.05, 0) is 22.6 Å². The fourth-order valence-corrected chi connectivity index (χ4v) is 1.29. The van der Waals surface area contributed by atoms with E-state index in [2.05, 4.69) is 11.6 Å². The predicted molar refractivity (Wildman–Crippen MR) is 56.4 cm³/mol. The lowest BCUT2D eigenvalue weighted by atomic mass is 10.5. The number of hydrogen-bond acceptors (Lipinski definition) is 2. The van der Waals surface area contributed by atoms with Crippen LogP contribution < -0.4 is 5.56 Å². The van der Waals surface area contributed by atoms with Gasteiger partial charge in [0.05, 0.1) is 6.33 Å². The van der Waals surface area contributed by atoms with Crippen molar-refractivity contribution in [2.75, 3.05) is 0 Å². The van der Waals surface area contributed by atoms with E-state index in [0.717, 1.165) is 0 Å². The number of nitrogens with zero attached hydrogens (tertiary/aromatic N) is 2.